The van der Waals surface area contributed by atoms with Gasteiger partial charge in [0.25, 0.3) is 0 Å². The molecule has 21 heavy (non-hydrogen) atoms. The lowest BCUT2D eigenvalue weighted by atomic mass is 10.0. The summed E-state index contributed by atoms with van der Waals surface area (Å²) in [5.41, 5.74) is 1.60. The van der Waals surface area contributed by atoms with E-state index in [0.717, 1.165) is 5.56 Å². The smallest absolute Gasteiger partial charge is 0.355 e. The summed E-state index contributed by atoms with van der Waals surface area (Å²) in [7, 11) is 0. The normalized spacial score (nSPS) is 10.7. The molecule has 1 heterocycles. The van der Waals surface area contributed by atoms with E-state index >= 15 is 0 Å². The Bertz CT molecular complexity index is 691. The highest BCUT2D eigenvalue weighted by Gasteiger charge is 2.22. The zero-order valence-electron chi connectivity index (χ0n) is 12.1. The molecule has 0 aliphatic carbocycles. The number of rotatable bonds is 4. The van der Waals surface area contributed by atoms with Crippen LogP contribution in [0.3, 0.4) is 0 Å². The third kappa shape index (κ3) is 3.13. The minimum absolute atomic E-state index is 0.0494. The molecule has 0 saturated heterocycles. The molecule has 0 aliphatic heterocycles. The standard InChI is InChI=1S/C16H16N2O3/c1-9(2)14(19)12-8-17-15(18-13(12)16(20)21)11-6-4-10(3)5-7-11/h4-9H,1-3H3,(H,20,21). The van der Waals surface area contributed by atoms with Crippen LogP contribution in [0.5, 0.6) is 0 Å². The van der Waals surface area contributed by atoms with Gasteiger partial charge < -0.3 is 5.11 Å². The first-order valence-corrected chi connectivity index (χ1v) is 6.61. The molecule has 2 rings (SSSR count). The summed E-state index contributed by atoms with van der Waals surface area (Å²) in [4.78, 5) is 31.5. The summed E-state index contributed by atoms with van der Waals surface area (Å²) in [6.45, 7) is 5.38. The number of carbonyl (C=O) groups excluding carboxylic acids is 1. The molecule has 1 aromatic carbocycles. The molecule has 0 amide bonds. The first-order chi connectivity index (χ1) is 9.90. The van der Waals surface area contributed by atoms with E-state index in [-0.39, 0.29) is 23.0 Å². The van der Waals surface area contributed by atoms with E-state index < -0.39 is 5.97 Å². The molecule has 108 valence electrons. The lowest BCUT2D eigenvalue weighted by molar-refractivity contribution is 0.0684. The van der Waals surface area contributed by atoms with Gasteiger partial charge in [0.1, 0.15) is 0 Å². The van der Waals surface area contributed by atoms with Crippen LogP contribution in [0.25, 0.3) is 11.4 Å². The van der Waals surface area contributed by atoms with Crippen LogP contribution in [-0.4, -0.2) is 26.8 Å². The first-order valence-electron chi connectivity index (χ1n) is 6.61. The van der Waals surface area contributed by atoms with Crippen molar-refractivity contribution in [1.82, 2.24) is 9.97 Å². The second-order valence-electron chi connectivity index (χ2n) is 5.15. The van der Waals surface area contributed by atoms with E-state index in [4.69, 9.17) is 0 Å². The fourth-order valence-electron chi connectivity index (χ4n) is 1.88. The average molecular weight is 284 g/mol. The molecule has 1 N–H and O–H groups in total. The van der Waals surface area contributed by atoms with Crippen molar-refractivity contribution in [2.45, 2.75) is 20.8 Å². The molecule has 0 saturated carbocycles. The number of aryl methyl sites for hydroxylation is 1. The first kappa shape index (κ1) is 14.8. The molecule has 1 aromatic heterocycles. The monoisotopic (exact) mass is 284 g/mol. The Morgan fingerprint density at radius 2 is 1.76 bits per heavy atom. The van der Waals surface area contributed by atoms with E-state index in [1.165, 1.54) is 6.20 Å². The molecular weight excluding hydrogens is 268 g/mol. The second-order valence-corrected chi connectivity index (χ2v) is 5.15. The maximum atomic E-state index is 12.0. The van der Waals surface area contributed by atoms with E-state index in [1.54, 1.807) is 13.8 Å². The van der Waals surface area contributed by atoms with Gasteiger partial charge in [-0.25, -0.2) is 14.8 Å². The van der Waals surface area contributed by atoms with Gasteiger partial charge in [0.15, 0.2) is 17.3 Å². The van der Waals surface area contributed by atoms with Crippen LogP contribution in [0.1, 0.15) is 40.3 Å². The molecule has 0 bridgehead atoms. The molecule has 0 fully saturated rings. The topological polar surface area (TPSA) is 80.2 Å². The number of carboxylic acids is 1. The van der Waals surface area contributed by atoms with Crippen molar-refractivity contribution in [3.63, 3.8) is 0 Å². The predicted molar refractivity (Wildman–Crippen MR) is 78.3 cm³/mol. The van der Waals surface area contributed by atoms with Gasteiger partial charge in [-0.1, -0.05) is 43.7 Å². The van der Waals surface area contributed by atoms with E-state index in [0.29, 0.717) is 11.4 Å². The Morgan fingerprint density at radius 1 is 1.14 bits per heavy atom. The van der Waals surface area contributed by atoms with Crippen molar-refractivity contribution < 1.29 is 14.7 Å². The minimum atomic E-state index is -1.23. The predicted octanol–water partition coefficient (Wildman–Crippen LogP) is 2.99. The molecule has 0 unspecified atom stereocenters. The number of aromatic nitrogens is 2. The quantitative estimate of drug-likeness (QED) is 0.873. The highest BCUT2D eigenvalue weighted by molar-refractivity contribution is 6.05. The summed E-state index contributed by atoms with van der Waals surface area (Å²) in [6, 6.07) is 7.43. The van der Waals surface area contributed by atoms with Gasteiger partial charge in [-0.15, -0.1) is 0 Å². The summed E-state index contributed by atoms with van der Waals surface area (Å²) >= 11 is 0. The van der Waals surface area contributed by atoms with E-state index in [2.05, 4.69) is 9.97 Å². The number of carboxylic acid groups (broad SMARTS) is 1. The van der Waals surface area contributed by atoms with Crippen LogP contribution in [0.2, 0.25) is 0 Å². The molecule has 0 atom stereocenters. The van der Waals surface area contributed by atoms with Crippen LogP contribution in [0.4, 0.5) is 0 Å². The highest BCUT2D eigenvalue weighted by atomic mass is 16.4. The van der Waals surface area contributed by atoms with Crippen LogP contribution in [0.15, 0.2) is 30.5 Å². The van der Waals surface area contributed by atoms with Crippen molar-refractivity contribution >= 4 is 11.8 Å². The highest BCUT2D eigenvalue weighted by Crippen LogP contribution is 2.19. The third-order valence-corrected chi connectivity index (χ3v) is 3.09. The number of Topliss-reactive ketones (excluding diaryl/α,β-unsaturated/α-hetero) is 1. The number of hydrogen-bond acceptors (Lipinski definition) is 4. The summed E-state index contributed by atoms with van der Waals surface area (Å²) in [6.07, 6.45) is 1.30. The van der Waals surface area contributed by atoms with Crippen molar-refractivity contribution in [2.24, 2.45) is 5.92 Å². The maximum Gasteiger partial charge on any atom is 0.355 e. The molecule has 0 radical (unpaired) electrons. The van der Waals surface area contributed by atoms with Crippen molar-refractivity contribution in [3.8, 4) is 11.4 Å². The third-order valence-electron chi connectivity index (χ3n) is 3.09. The van der Waals surface area contributed by atoms with E-state index in [1.807, 2.05) is 31.2 Å². The number of ketones is 1. The fourth-order valence-corrected chi connectivity index (χ4v) is 1.88. The Kier molecular flexibility index (Phi) is 4.12. The van der Waals surface area contributed by atoms with Crippen LogP contribution in [-0.2, 0) is 0 Å². The van der Waals surface area contributed by atoms with Gasteiger partial charge in [0.05, 0.1) is 5.56 Å². The van der Waals surface area contributed by atoms with Crippen LogP contribution in [0, 0.1) is 12.8 Å². The number of aromatic carboxylic acids is 1. The van der Waals surface area contributed by atoms with Gasteiger partial charge in [0, 0.05) is 17.7 Å². The SMILES string of the molecule is Cc1ccc(-c2ncc(C(=O)C(C)C)c(C(=O)O)n2)cc1. The summed E-state index contributed by atoms with van der Waals surface area (Å²) in [5.74, 6) is -1.51. The Balaban J connectivity index is 2.53. The molecule has 0 spiro atoms. The zero-order chi connectivity index (χ0) is 15.6. The Hall–Kier alpha value is -2.56. The molecular formula is C16H16N2O3. The molecule has 2 aromatic rings. The minimum Gasteiger partial charge on any atom is -0.476 e. The zero-order valence-corrected chi connectivity index (χ0v) is 12.1. The number of carbonyl (C=O) groups is 2. The average Bonchev–Trinajstić information content (AvgIpc) is 2.46. The van der Waals surface area contributed by atoms with Gasteiger partial charge in [-0.05, 0) is 6.92 Å². The number of nitrogens with zero attached hydrogens (tertiary/aromatic N) is 2. The van der Waals surface area contributed by atoms with Crippen molar-refractivity contribution in [1.29, 1.82) is 0 Å². The largest absolute Gasteiger partial charge is 0.476 e. The number of hydrogen-bond donors (Lipinski definition) is 1. The lowest BCUT2D eigenvalue weighted by Gasteiger charge is -2.08. The molecule has 5 heteroatoms. The van der Waals surface area contributed by atoms with Crippen molar-refractivity contribution in [2.75, 3.05) is 0 Å². The van der Waals surface area contributed by atoms with Gasteiger partial charge in [-0.3, -0.25) is 4.79 Å². The van der Waals surface area contributed by atoms with Gasteiger partial charge in [0.2, 0.25) is 0 Å². The second kappa shape index (κ2) is 5.83. The summed E-state index contributed by atoms with van der Waals surface area (Å²) in [5, 5.41) is 9.27. The van der Waals surface area contributed by atoms with E-state index in [9.17, 15) is 14.7 Å². The summed E-state index contributed by atoms with van der Waals surface area (Å²) < 4.78 is 0. The van der Waals surface area contributed by atoms with Crippen LogP contribution >= 0.6 is 0 Å². The fraction of sp³-hybridized carbons (Fsp3) is 0.250. The number of benzene rings is 1. The molecule has 5 nitrogen and oxygen atoms in total. The maximum absolute atomic E-state index is 12.0. The Morgan fingerprint density at radius 3 is 2.29 bits per heavy atom. The van der Waals surface area contributed by atoms with Gasteiger partial charge >= 0.3 is 5.97 Å². The van der Waals surface area contributed by atoms with Crippen LogP contribution < -0.4 is 0 Å². The van der Waals surface area contributed by atoms with Crippen molar-refractivity contribution in [3.05, 3.63) is 47.3 Å². The Labute approximate surface area is 122 Å². The van der Waals surface area contributed by atoms with Gasteiger partial charge in [-0.2, -0.15) is 0 Å². The lowest BCUT2D eigenvalue weighted by Crippen LogP contribution is -2.16. The molecule has 0 aliphatic rings.